The second-order valence-electron chi connectivity index (χ2n) is 9.33. The topological polar surface area (TPSA) is 100 Å². The lowest BCUT2D eigenvalue weighted by molar-refractivity contribution is 0.0563. The largest absolute Gasteiger partial charge is 0.487 e. The molecule has 1 N–H and O–H groups in total. The molecule has 4 rings (SSSR count). The van der Waals surface area contributed by atoms with Crippen LogP contribution < -0.4 is 4.74 Å². The number of aliphatic hydroxyl groups is 1. The number of ether oxygens (including phenoxy) is 1. The van der Waals surface area contributed by atoms with E-state index in [4.69, 9.17) is 4.74 Å². The van der Waals surface area contributed by atoms with Crippen LogP contribution in [0.5, 0.6) is 5.75 Å². The van der Waals surface area contributed by atoms with Crippen molar-refractivity contribution in [2.45, 2.75) is 30.9 Å². The van der Waals surface area contributed by atoms with Crippen LogP contribution in [0.2, 0.25) is 0 Å². The Kier molecular flexibility index (Phi) is 7.91. The van der Waals surface area contributed by atoms with E-state index in [2.05, 4.69) is 4.98 Å². The SMILES string of the molecule is C[C@H](CO)N1C[C@H](C)[C@H](CN(C)C(=O)c2cccc(F)c2)Oc2cc(-c3ccncc3)ccc2S1(=O)=O. The Balaban J connectivity index is 1.74. The first kappa shape index (κ1) is 26.7. The quantitative estimate of drug-likeness (QED) is 0.527. The zero-order valence-corrected chi connectivity index (χ0v) is 21.7. The van der Waals surface area contributed by atoms with Crippen LogP contribution >= 0.6 is 0 Å². The standard InChI is InChI=1S/C27H30FN3O5S/c1-18-15-31(19(2)17-32)37(34,35)26-8-7-21(20-9-11-29-12-10-20)14-24(26)36-25(18)16-30(3)27(33)22-5-4-6-23(28)13-22/h4-14,18-19,25,32H,15-17H2,1-3H3/t18-,19+,25-/m0/s1. The average molecular weight is 528 g/mol. The first-order valence-corrected chi connectivity index (χ1v) is 13.4. The molecule has 10 heteroatoms. The molecule has 0 unspecified atom stereocenters. The third-order valence-corrected chi connectivity index (χ3v) is 8.57. The fraction of sp³-hybridized carbons (Fsp3) is 0.333. The minimum atomic E-state index is -3.99. The molecule has 0 fully saturated rings. The van der Waals surface area contributed by atoms with Gasteiger partial charge in [0.05, 0.1) is 13.2 Å². The summed E-state index contributed by atoms with van der Waals surface area (Å²) in [5, 5.41) is 9.81. The zero-order valence-electron chi connectivity index (χ0n) is 20.9. The number of nitrogens with zero attached hydrogens (tertiary/aromatic N) is 3. The first-order valence-electron chi connectivity index (χ1n) is 12.0. The minimum Gasteiger partial charge on any atom is -0.487 e. The van der Waals surface area contributed by atoms with Gasteiger partial charge in [-0.2, -0.15) is 4.31 Å². The Labute approximate surface area is 216 Å². The summed E-state index contributed by atoms with van der Waals surface area (Å²) in [4.78, 5) is 18.5. The maximum absolute atomic E-state index is 13.7. The monoisotopic (exact) mass is 527 g/mol. The number of aliphatic hydroxyl groups excluding tert-OH is 1. The van der Waals surface area contributed by atoms with Gasteiger partial charge in [-0.15, -0.1) is 0 Å². The van der Waals surface area contributed by atoms with Crippen molar-refractivity contribution in [3.05, 3.63) is 78.4 Å². The second kappa shape index (κ2) is 11.0. The van der Waals surface area contributed by atoms with E-state index >= 15 is 0 Å². The molecule has 2 aromatic carbocycles. The molecule has 1 amide bonds. The molecule has 0 aliphatic carbocycles. The van der Waals surface area contributed by atoms with Gasteiger partial charge in [-0.1, -0.05) is 19.1 Å². The van der Waals surface area contributed by atoms with E-state index in [0.29, 0.717) is 0 Å². The van der Waals surface area contributed by atoms with Crippen molar-refractivity contribution in [3.8, 4) is 16.9 Å². The summed E-state index contributed by atoms with van der Waals surface area (Å²) in [6.45, 7) is 3.36. The number of rotatable bonds is 6. The first-order chi connectivity index (χ1) is 17.6. The highest BCUT2D eigenvalue weighted by molar-refractivity contribution is 7.89. The predicted octanol–water partition coefficient (Wildman–Crippen LogP) is 3.43. The molecule has 0 bridgehead atoms. The number of carbonyl (C=O) groups is 1. The van der Waals surface area contributed by atoms with Crippen molar-refractivity contribution in [2.75, 3.05) is 26.7 Å². The molecule has 37 heavy (non-hydrogen) atoms. The molecule has 1 aliphatic heterocycles. The molecule has 0 saturated carbocycles. The fourth-order valence-electron chi connectivity index (χ4n) is 4.36. The Bertz CT molecular complexity index is 1370. The van der Waals surface area contributed by atoms with E-state index in [-0.39, 0.29) is 47.7 Å². The lowest BCUT2D eigenvalue weighted by Gasteiger charge is -2.37. The van der Waals surface area contributed by atoms with Gasteiger partial charge in [0.25, 0.3) is 5.91 Å². The van der Waals surface area contributed by atoms with E-state index in [1.807, 2.05) is 19.1 Å². The van der Waals surface area contributed by atoms with Crippen LogP contribution in [-0.2, 0) is 10.0 Å². The van der Waals surface area contributed by atoms with Crippen LogP contribution in [0.3, 0.4) is 0 Å². The molecule has 3 atom stereocenters. The Hall–Kier alpha value is -3.34. The number of likely N-dealkylation sites (N-methyl/N-ethyl adjacent to an activating group) is 1. The van der Waals surface area contributed by atoms with Crippen molar-refractivity contribution in [1.29, 1.82) is 0 Å². The zero-order chi connectivity index (χ0) is 26.7. The maximum Gasteiger partial charge on any atom is 0.253 e. The van der Waals surface area contributed by atoms with Crippen molar-refractivity contribution < 1.29 is 27.4 Å². The molecule has 1 aliphatic rings. The van der Waals surface area contributed by atoms with Gasteiger partial charge in [0.2, 0.25) is 10.0 Å². The smallest absolute Gasteiger partial charge is 0.253 e. The number of benzene rings is 2. The summed E-state index contributed by atoms with van der Waals surface area (Å²) in [7, 11) is -2.39. The molecule has 3 aromatic rings. The normalized spacial score (nSPS) is 20.1. The number of sulfonamides is 1. The summed E-state index contributed by atoms with van der Waals surface area (Å²) < 4.78 is 48.6. The maximum atomic E-state index is 13.7. The Morgan fingerprint density at radius 2 is 1.92 bits per heavy atom. The lowest BCUT2D eigenvalue weighted by atomic mass is 10.0. The summed E-state index contributed by atoms with van der Waals surface area (Å²) in [5.74, 6) is -1.07. The van der Waals surface area contributed by atoms with Crippen LogP contribution in [-0.4, -0.2) is 72.5 Å². The van der Waals surface area contributed by atoms with Gasteiger partial charge in [0.15, 0.2) is 0 Å². The van der Waals surface area contributed by atoms with E-state index < -0.39 is 28.0 Å². The summed E-state index contributed by atoms with van der Waals surface area (Å²) in [5.41, 5.74) is 1.79. The van der Waals surface area contributed by atoms with Gasteiger partial charge in [0, 0.05) is 43.5 Å². The van der Waals surface area contributed by atoms with Crippen LogP contribution in [0.15, 0.2) is 71.9 Å². The van der Waals surface area contributed by atoms with Crippen molar-refractivity contribution >= 4 is 15.9 Å². The summed E-state index contributed by atoms with van der Waals surface area (Å²) in [6.07, 6.45) is 2.70. The van der Waals surface area contributed by atoms with Gasteiger partial charge >= 0.3 is 0 Å². The third-order valence-electron chi connectivity index (χ3n) is 6.55. The number of halogens is 1. The molecule has 0 radical (unpaired) electrons. The predicted molar refractivity (Wildman–Crippen MR) is 137 cm³/mol. The van der Waals surface area contributed by atoms with Crippen LogP contribution in [0.25, 0.3) is 11.1 Å². The summed E-state index contributed by atoms with van der Waals surface area (Å²) in [6, 6.07) is 13.3. The lowest BCUT2D eigenvalue weighted by Crippen LogP contribution is -2.50. The van der Waals surface area contributed by atoms with Crippen molar-refractivity contribution in [3.63, 3.8) is 0 Å². The molecule has 196 valence electrons. The number of carbonyl (C=O) groups excluding carboxylic acids is 1. The highest BCUT2D eigenvalue weighted by atomic mass is 32.2. The van der Waals surface area contributed by atoms with Gasteiger partial charge in [-0.05, 0) is 60.5 Å². The average Bonchev–Trinajstić information content (AvgIpc) is 2.90. The summed E-state index contributed by atoms with van der Waals surface area (Å²) >= 11 is 0. The molecule has 0 saturated heterocycles. The molecule has 2 heterocycles. The third kappa shape index (κ3) is 5.66. The number of hydrogen-bond acceptors (Lipinski definition) is 6. The molecule has 1 aromatic heterocycles. The van der Waals surface area contributed by atoms with E-state index in [1.165, 1.54) is 39.5 Å². The molecular weight excluding hydrogens is 497 g/mol. The fourth-order valence-corrected chi connectivity index (χ4v) is 6.19. The van der Waals surface area contributed by atoms with Gasteiger partial charge < -0.3 is 14.7 Å². The number of pyridine rings is 1. The Morgan fingerprint density at radius 3 is 2.59 bits per heavy atom. The highest BCUT2D eigenvalue weighted by Crippen LogP contribution is 2.36. The van der Waals surface area contributed by atoms with E-state index in [0.717, 1.165) is 11.1 Å². The number of hydrogen-bond donors (Lipinski definition) is 1. The highest BCUT2D eigenvalue weighted by Gasteiger charge is 2.38. The Morgan fingerprint density at radius 1 is 1.19 bits per heavy atom. The van der Waals surface area contributed by atoms with Crippen molar-refractivity contribution in [2.24, 2.45) is 5.92 Å². The molecule has 0 spiro atoms. The molecule has 8 nitrogen and oxygen atoms in total. The van der Waals surface area contributed by atoms with Gasteiger partial charge in [0.1, 0.15) is 22.6 Å². The van der Waals surface area contributed by atoms with Gasteiger partial charge in [-0.3, -0.25) is 9.78 Å². The van der Waals surface area contributed by atoms with Gasteiger partial charge in [-0.25, -0.2) is 12.8 Å². The minimum absolute atomic E-state index is 0.0124. The van der Waals surface area contributed by atoms with Crippen LogP contribution in [0.1, 0.15) is 24.2 Å². The molecular formula is C27H30FN3O5S. The van der Waals surface area contributed by atoms with E-state index in [9.17, 15) is 22.7 Å². The number of aromatic nitrogens is 1. The van der Waals surface area contributed by atoms with Crippen molar-refractivity contribution in [1.82, 2.24) is 14.2 Å². The second-order valence-corrected chi connectivity index (χ2v) is 11.2. The van der Waals surface area contributed by atoms with E-state index in [1.54, 1.807) is 38.5 Å². The van der Waals surface area contributed by atoms with Crippen LogP contribution in [0.4, 0.5) is 4.39 Å². The number of fused-ring (bicyclic) bond motifs is 1. The number of amides is 1. The van der Waals surface area contributed by atoms with Crippen LogP contribution in [0, 0.1) is 11.7 Å².